The molecule has 0 saturated heterocycles. The molecule has 0 aromatic heterocycles. The quantitative estimate of drug-likeness (QED) is 0.642. The summed E-state index contributed by atoms with van der Waals surface area (Å²) in [7, 11) is -1.45. The van der Waals surface area contributed by atoms with Crippen LogP contribution < -0.4 is 10.0 Å². The van der Waals surface area contributed by atoms with Gasteiger partial charge in [-0.05, 0) is 24.1 Å². The maximum Gasteiger partial charge on any atom is 0.215 e. The molecule has 0 aliphatic heterocycles. The summed E-state index contributed by atoms with van der Waals surface area (Å²) in [5.41, 5.74) is 1.86. The van der Waals surface area contributed by atoms with Crippen molar-refractivity contribution in [2.24, 2.45) is 5.92 Å². The molecular formula is C15H26N2O3S. The molecule has 0 amide bonds. The Balaban J connectivity index is 2.43. The molecule has 0 aliphatic rings. The summed E-state index contributed by atoms with van der Waals surface area (Å²) in [4.78, 5) is 0. The highest BCUT2D eigenvalue weighted by Crippen LogP contribution is 2.08. The molecule has 21 heavy (non-hydrogen) atoms. The lowest BCUT2D eigenvalue weighted by molar-refractivity contribution is 0.114. The van der Waals surface area contributed by atoms with Crippen molar-refractivity contribution in [3.63, 3.8) is 0 Å². The lowest BCUT2D eigenvalue weighted by Crippen LogP contribution is -2.29. The highest BCUT2D eigenvalue weighted by atomic mass is 32.2. The van der Waals surface area contributed by atoms with Crippen molar-refractivity contribution in [3.05, 3.63) is 35.4 Å². The number of rotatable bonds is 10. The fourth-order valence-corrected chi connectivity index (χ4v) is 3.01. The van der Waals surface area contributed by atoms with E-state index in [0.29, 0.717) is 25.7 Å². The molecule has 1 rings (SSSR count). The second-order valence-corrected chi connectivity index (χ2v) is 7.28. The highest BCUT2D eigenvalue weighted by molar-refractivity contribution is 7.88. The zero-order valence-electron chi connectivity index (χ0n) is 13.1. The summed E-state index contributed by atoms with van der Waals surface area (Å²) < 4.78 is 31.9. The number of benzene rings is 1. The molecule has 0 saturated carbocycles. The Labute approximate surface area is 128 Å². The van der Waals surface area contributed by atoms with E-state index in [1.54, 1.807) is 0 Å². The SMILES string of the molecule is CNCc1cccc(CS(=O)(=O)NCCOCC(C)C)c1. The van der Waals surface area contributed by atoms with Crippen LogP contribution in [0.4, 0.5) is 0 Å². The first-order chi connectivity index (χ1) is 9.93. The van der Waals surface area contributed by atoms with E-state index in [1.807, 2.05) is 31.3 Å². The summed E-state index contributed by atoms with van der Waals surface area (Å²) in [5.74, 6) is 0.450. The molecule has 1 aromatic rings. The van der Waals surface area contributed by atoms with Crippen molar-refractivity contribution in [3.8, 4) is 0 Å². The predicted molar refractivity (Wildman–Crippen MR) is 85.5 cm³/mol. The minimum Gasteiger partial charge on any atom is -0.380 e. The third kappa shape index (κ3) is 8.16. The van der Waals surface area contributed by atoms with Crippen molar-refractivity contribution in [2.45, 2.75) is 26.1 Å². The van der Waals surface area contributed by atoms with Gasteiger partial charge in [-0.3, -0.25) is 0 Å². The normalized spacial score (nSPS) is 12.0. The topological polar surface area (TPSA) is 67.4 Å². The van der Waals surface area contributed by atoms with Gasteiger partial charge in [0, 0.05) is 19.7 Å². The van der Waals surface area contributed by atoms with Gasteiger partial charge in [0.05, 0.1) is 12.4 Å². The monoisotopic (exact) mass is 314 g/mol. The number of nitrogens with one attached hydrogen (secondary N) is 2. The Morgan fingerprint density at radius 2 is 1.95 bits per heavy atom. The van der Waals surface area contributed by atoms with Crippen molar-refractivity contribution < 1.29 is 13.2 Å². The Hall–Kier alpha value is -0.950. The van der Waals surface area contributed by atoms with E-state index < -0.39 is 10.0 Å². The standard InChI is InChI=1S/C15H26N2O3S/c1-13(2)11-20-8-7-17-21(18,19)12-15-6-4-5-14(9-15)10-16-3/h4-6,9,13,16-17H,7-8,10-12H2,1-3H3. The second kappa shape index (κ2) is 9.15. The molecule has 0 radical (unpaired) electrons. The molecule has 0 bridgehead atoms. The number of ether oxygens (including phenoxy) is 1. The van der Waals surface area contributed by atoms with Gasteiger partial charge in [0.2, 0.25) is 10.0 Å². The van der Waals surface area contributed by atoms with Gasteiger partial charge in [-0.2, -0.15) is 0 Å². The highest BCUT2D eigenvalue weighted by Gasteiger charge is 2.11. The van der Waals surface area contributed by atoms with Gasteiger partial charge < -0.3 is 10.1 Å². The van der Waals surface area contributed by atoms with Gasteiger partial charge in [-0.1, -0.05) is 38.1 Å². The minimum atomic E-state index is -3.32. The van der Waals surface area contributed by atoms with Gasteiger partial charge >= 0.3 is 0 Å². The van der Waals surface area contributed by atoms with Crippen molar-refractivity contribution in [1.82, 2.24) is 10.0 Å². The number of hydrogen-bond donors (Lipinski definition) is 2. The predicted octanol–water partition coefficient (Wildman–Crippen LogP) is 1.50. The van der Waals surface area contributed by atoms with E-state index in [9.17, 15) is 8.42 Å². The van der Waals surface area contributed by atoms with E-state index in [1.165, 1.54) is 0 Å². The molecule has 5 nitrogen and oxygen atoms in total. The molecule has 120 valence electrons. The molecule has 0 heterocycles. The zero-order chi connectivity index (χ0) is 15.7. The molecular weight excluding hydrogens is 288 g/mol. The fraction of sp³-hybridized carbons (Fsp3) is 0.600. The Bertz CT molecular complexity index is 515. The van der Waals surface area contributed by atoms with E-state index in [2.05, 4.69) is 23.9 Å². The summed E-state index contributed by atoms with van der Waals surface area (Å²) in [6, 6.07) is 7.59. The van der Waals surface area contributed by atoms with E-state index in [-0.39, 0.29) is 5.75 Å². The van der Waals surface area contributed by atoms with E-state index in [4.69, 9.17) is 4.74 Å². The molecule has 6 heteroatoms. The third-order valence-corrected chi connectivity index (χ3v) is 4.11. The van der Waals surface area contributed by atoms with Gasteiger partial charge in [-0.15, -0.1) is 0 Å². The lowest BCUT2D eigenvalue weighted by Gasteiger charge is -2.09. The van der Waals surface area contributed by atoms with Crippen molar-refractivity contribution in [2.75, 3.05) is 26.8 Å². The zero-order valence-corrected chi connectivity index (χ0v) is 13.9. The molecule has 0 spiro atoms. The smallest absolute Gasteiger partial charge is 0.215 e. The van der Waals surface area contributed by atoms with Gasteiger partial charge in [-0.25, -0.2) is 13.1 Å². The second-order valence-electron chi connectivity index (χ2n) is 5.47. The van der Waals surface area contributed by atoms with Crippen LogP contribution in [0.25, 0.3) is 0 Å². The summed E-state index contributed by atoms with van der Waals surface area (Å²) in [5, 5.41) is 3.05. The van der Waals surface area contributed by atoms with Crippen LogP contribution in [0.5, 0.6) is 0 Å². The third-order valence-electron chi connectivity index (χ3n) is 2.75. The molecule has 0 fully saturated rings. The van der Waals surface area contributed by atoms with Gasteiger partial charge in [0.15, 0.2) is 0 Å². The fourth-order valence-electron chi connectivity index (χ4n) is 1.89. The molecule has 0 aliphatic carbocycles. The van der Waals surface area contributed by atoms with Crippen LogP contribution in [0, 0.1) is 5.92 Å². The number of sulfonamides is 1. The minimum absolute atomic E-state index is 0.00522. The average molecular weight is 314 g/mol. The van der Waals surface area contributed by atoms with Crippen LogP contribution in [-0.2, 0) is 27.1 Å². The first-order valence-electron chi connectivity index (χ1n) is 7.20. The maximum atomic E-state index is 12.0. The summed E-state index contributed by atoms with van der Waals surface area (Å²) in [6.07, 6.45) is 0. The van der Waals surface area contributed by atoms with Crippen molar-refractivity contribution >= 4 is 10.0 Å². The maximum absolute atomic E-state index is 12.0. The first kappa shape index (κ1) is 18.1. The molecule has 0 atom stereocenters. The van der Waals surface area contributed by atoms with Crippen LogP contribution >= 0.6 is 0 Å². The van der Waals surface area contributed by atoms with Crippen LogP contribution in [0.3, 0.4) is 0 Å². The van der Waals surface area contributed by atoms with Crippen LogP contribution in [-0.4, -0.2) is 35.2 Å². The van der Waals surface area contributed by atoms with E-state index in [0.717, 1.165) is 17.7 Å². The summed E-state index contributed by atoms with van der Waals surface area (Å²) >= 11 is 0. The van der Waals surface area contributed by atoms with Crippen molar-refractivity contribution in [1.29, 1.82) is 0 Å². The summed E-state index contributed by atoms with van der Waals surface area (Å²) in [6.45, 7) is 6.20. The van der Waals surface area contributed by atoms with Crippen LogP contribution in [0.1, 0.15) is 25.0 Å². The van der Waals surface area contributed by atoms with Crippen LogP contribution in [0.2, 0.25) is 0 Å². The average Bonchev–Trinajstić information content (AvgIpc) is 2.38. The molecule has 1 aromatic carbocycles. The van der Waals surface area contributed by atoms with Crippen LogP contribution in [0.15, 0.2) is 24.3 Å². The Morgan fingerprint density at radius 3 is 2.62 bits per heavy atom. The molecule has 0 unspecified atom stereocenters. The lowest BCUT2D eigenvalue weighted by atomic mass is 10.1. The first-order valence-corrected chi connectivity index (χ1v) is 8.85. The van der Waals surface area contributed by atoms with Gasteiger partial charge in [0.1, 0.15) is 0 Å². The Kier molecular flexibility index (Phi) is 7.88. The largest absolute Gasteiger partial charge is 0.380 e. The van der Waals surface area contributed by atoms with Gasteiger partial charge in [0.25, 0.3) is 0 Å². The number of hydrogen-bond acceptors (Lipinski definition) is 4. The van der Waals surface area contributed by atoms with E-state index >= 15 is 0 Å². The molecule has 2 N–H and O–H groups in total. The Morgan fingerprint density at radius 1 is 1.24 bits per heavy atom.